The molecule has 1 aliphatic carbocycles. The fourth-order valence-corrected chi connectivity index (χ4v) is 1.04. The summed E-state index contributed by atoms with van der Waals surface area (Å²) >= 11 is 4.43. The average molecular weight is 167 g/mol. The second kappa shape index (κ2) is 3.18. The van der Waals surface area contributed by atoms with E-state index in [1.54, 1.807) is 0 Å². The van der Waals surface area contributed by atoms with Gasteiger partial charge in [0, 0.05) is 17.5 Å². The van der Waals surface area contributed by atoms with Gasteiger partial charge in [0.25, 0.3) is 0 Å². The molecule has 2 heteroatoms. The van der Waals surface area contributed by atoms with Crippen molar-refractivity contribution in [3.63, 3.8) is 0 Å². The Bertz CT molecular complexity index is 224. The normalized spacial score (nSPS) is 29.5. The molecule has 1 nitrogen and oxygen atoms in total. The third-order valence-electron chi connectivity index (χ3n) is 1.60. The molecule has 0 amide bonds. The zero-order chi connectivity index (χ0) is 8.32. The Kier molecular flexibility index (Phi) is 2.45. The van der Waals surface area contributed by atoms with Crippen LogP contribution in [-0.2, 0) is 0 Å². The van der Waals surface area contributed by atoms with Crippen molar-refractivity contribution in [2.24, 2.45) is 0 Å². The first-order chi connectivity index (χ1) is 5.14. The zero-order valence-corrected chi connectivity index (χ0v) is 7.73. The summed E-state index contributed by atoms with van der Waals surface area (Å²) in [4.78, 5) is 0. The van der Waals surface area contributed by atoms with E-state index in [2.05, 4.69) is 37.0 Å². The van der Waals surface area contributed by atoms with Crippen LogP contribution in [0.2, 0.25) is 0 Å². The number of nitrogens with one attached hydrogen (secondary N) is 1. The molecule has 0 fully saturated rings. The highest BCUT2D eigenvalue weighted by Crippen LogP contribution is 2.19. The molecule has 1 N–H and O–H groups in total. The van der Waals surface area contributed by atoms with Crippen LogP contribution in [0, 0.1) is 0 Å². The van der Waals surface area contributed by atoms with E-state index in [0.717, 1.165) is 5.70 Å². The van der Waals surface area contributed by atoms with Crippen molar-refractivity contribution in [3.8, 4) is 0 Å². The Morgan fingerprint density at radius 3 is 2.82 bits per heavy atom. The topological polar surface area (TPSA) is 12.0 Å². The smallest absolute Gasteiger partial charge is 0.0467 e. The van der Waals surface area contributed by atoms with Crippen LogP contribution in [0.3, 0.4) is 0 Å². The molecule has 0 aromatic rings. The van der Waals surface area contributed by atoms with Gasteiger partial charge in [-0.05, 0) is 19.1 Å². The lowest BCUT2D eigenvalue weighted by Gasteiger charge is -2.11. The monoisotopic (exact) mass is 167 g/mol. The molecule has 1 atom stereocenters. The van der Waals surface area contributed by atoms with Crippen molar-refractivity contribution >= 4 is 12.6 Å². The van der Waals surface area contributed by atoms with Gasteiger partial charge in [0.05, 0.1) is 0 Å². The molecule has 0 saturated carbocycles. The number of allylic oxidation sites excluding steroid dienone is 3. The summed E-state index contributed by atoms with van der Waals surface area (Å²) < 4.78 is -0.116. The van der Waals surface area contributed by atoms with Gasteiger partial charge in [0.15, 0.2) is 0 Å². The fraction of sp³-hybridized carbons (Fsp3) is 0.333. The van der Waals surface area contributed by atoms with Crippen molar-refractivity contribution in [1.29, 1.82) is 0 Å². The highest BCUT2D eigenvalue weighted by Gasteiger charge is 2.10. The molecule has 0 saturated heterocycles. The number of hydrogen-bond donors (Lipinski definition) is 2. The molecule has 0 aromatic heterocycles. The molecule has 11 heavy (non-hydrogen) atoms. The van der Waals surface area contributed by atoms with Crippen LogP contribution in [0.25, 0.3) is 0 Å². The van der Waals surface area contributed by atoms with Crippen molar-refractivity contribution in [2.75, 3.05) is 7.05 Å². The lowest BCUT2D eigenvalue weighted by molar-refractivity contribution is 1.00. The Balaban J connectivity index is 2.83. The number of thiol groups is 1. The van der Waals surface area contributed by atoms with Gasteiger partial charge in [-0.3, -0.25) is 0 Å². The Labute approximate surface area is 73.3 Å². The first kappa shape index (κ1) is 8.47. The largest absolute Gasteiger partial charge is 0.388 e. The molecule has 0 bridgehead atoms. The highest BCUT2D eigenvalue weighted by atomic mass is 32.1. The van der Waals surface area contributed by atoms with Gasteiger partial charge >= 0.3 is 0 Å². The van der Waals surface area contributed by atoms with Gasteiger partial charge in [-0.2, -0.15) is 12.6 Å². The van der Waals surface area contributed by atoms with Crippen LogP contribution in [0.4, 0.5) is 0 Å². The molecule has 0 aliphatic heterocycles. The maximum atomic E-state index is 4.43. The molecule has 1 unspecified atom stereocenters. The Morgan fingerprint density at radius 1 is 1.45 bits per heavy atom. The standard InChI is InChI=1S/C9H13NS/c1-9(11)6-3-4-8(10-2)5-7-9/h3-7,10-11H,1-2H3. The quantitative estimate of drug-likeness (QED) is 0.568. The molecule has 1 aliphatic rings. The van der Waals surface area contributed by atoms with Crippen LogP contribution in [0.5, 0.6) is 0 Å². The van der Waals surface area contributed by atoms with Crippen LogP contribution >= 0.6 is 12.6 Å². The molecular weight excluding hydrogens is 154 g/mol. The summed E-state index contributed by atoms with van der Waals surface area (Å²) in [6, 6.07) is 0. The molecular formula is C9H13NS. The molecule has 0 aromatic carbocycles. The second-order valence-electron chi connectivity index (χ2n) is 2.79. The van der Waals surface area contributed by atoms with Crippen LogP contribution in [0.15, 0.2) is 36.1 Å². The predicted octanol–water partition coefficient (Wildman–Crippen LogP) is 1.90. The minimum absolute atomic E-state index is 0.116. The molecule has 60 valence electrons. The van der Waals surface area contributed by atoms with E-state index in [9.17, 15) is 0 Å². The van der Waals surface area contributed by atoms with Gasteiger partial charge in [-0.25, -0.2) is 0 Å². The molecule has 0 radical (unpaired) electrons. The fourth-order valence-electron chi connectivity index (χ4n) is 0.883. The summed E-state index contributed by atoms with van der Waals surface area (Å²) in [5, 5.41) is 3.07. The maximum absolute atomic E-state index is 4.43. The Hall–Kier alpha value is -0.630. The minimum atomic E-state index is -0.116. The summed E-state index contributed by atoms with van der Waals surface area (Å²) in [7, 11) is 1.91. The van der Waals surface area contributed by atoms with Crippen molar-refractivity contribution < 1.29 is 0 Å². The van der Waals surface area contributed by atoms with E-state index in [1.165, 1.54) is 0 Å². The van der Waals surface area contributed by atoms with Gasteiger partial charge < -0.3 is 5.32 Å². The van der Waals surface area contributed by atoms with Gasteiger partial charge in [0.2, 0.25) is 0 Å². The maximum Gasteiger partial charge on any atom is 0.0467 e. The summed E-state index contributed by atoms with van der Waals surface area (Å²) in [5.74, 6) is 0. The van der Waals surface area contributed by atoms with E-state index in [-0.39, 0.29) is 4.75 Å². The van der Waals surface area contributed by atoms with E-state index in [1.807, 2.05) is 25.3 Å². The molecule has 0 heterocycles. The average Bonchev–Trinajstić information content (AvgIpc) is 2.10. The lowest BCUT2D eigenvalue weighted by atomic mass is 10.1. The molecule has 1 rings (SSSR count). The number of hydrogen-bond acceptors (Lipinski definition) is 2. The van der Waals surface area contributed by atoms with Gasteiger partial charge in [0.1, 0.15) is 0 Å². The zero-order valence-electron chi connectivity index (χ0n) is 6.83. The first-order valence-electron chi connectivity index (χ1n) is 3.63. The van der Waals surface area contributed by atoms with E-state index in [4.69, 9.17) is 0 Å². The summed E-state index contributed by atoms with van der Waals surface area (Å²) in [5.41, 5.74) is 1.11. The van der Waals surface area contributed by atoms with Crippen LogP contribution in [-0.4, -0.2) is 11.8 Å². The summed E-state index contributed by atoms with van der Waals surface area (Å²) in [6.07, 6.45) is 10.2. The third kappa shape index (κ3) is 2.46. The second-order valence-corrected chi connectivity index (χ2v) is 3.75. The van der Waals surface area contributed by atoms with Crippen LogP contribution < -0.4 is 5.32 Å². The number of rotatable bonds is 1. The lowest BCUT2D eigenvalue weighted by Crippen LogP contribution is -2.07. The van der Waals surface area contributed by atoms with Crippen molar-refractivity contribution in [3.05, 3.63) is 36.1 Å². The SMILES string of the molecule is CNC1=CC=CC(C)(S)C=C1. The van der Waals surface area contributed by atoms with Gasteiger partial charge in [-0.15, -0.1) is 0 Å². The summed E-state index contributed by atoms with van der Waals surface area (Å²) in [6.45, 7) is 2.05. The van der Waals surface area contributed by atoms with Crippen molar-refractivity contribution in [2.45, 2.75) is 11.7 Å². The van der Waals surface area contributed by atoms with E-state index >= 15 is 0 Å². The van der Waals surface area contributed by atoms with Gasteiger partial charge in [-0.1, -0.05) is 18.2 Å². The van der Waals surface area contributed by atoms with Crippen LogP contribution in [0.1, 0.15) is 6.92 Å². The van der Waals surface area contributed by atoms with E-state index in [0.29, 0.717) is 0 Å². The number of likely N-dealkylation sites (N-methyl/N-ethyl adjacent to an activating group) is 1. The minimum Gasteiger partial charge on any atom is -0.388 e. The molecule has 0 spiro atoms. The van der Waals surface area contributed by atoms with E-state index < -0.39 is 0 Å². The highest BCUT2D eigenvalue weighted by molar-refractivity contribution is 7.82. The predicted molar refractivity (Wildman–Crippen MR) is 52.8 cm³/mol. The first-order valence-corrected chi connectivity index (χ1v) is 4.08. The third-order valence-corrected chi connectivity index (χ3v) is 1.90. The van der Waals surface area contributed by atoms with Crippen molar-refractivity contribution in [1.82, 2.24) is 5.32 Å². The Morgan fingerprint density at radius 2 is 2.18 bits per heavy atom.